The molecular formula is C30H38N8O3S. The molecule has 3 atom stereocenters. The molecule has 6 rings (SSSR count). The normalized spacial score (nSPS) is 20.9. The first-order valence-electron chi connectivity index (χ1n) is 14.2. The molecule has 4 aromatic rings. The van der Waals surface area contributed by atoms with Crippen LogP contribution in [0.4, 0.5) is 11.5 Å². The fourth-order valence-electron chi connectivity index (χ4n) is 6.16. The smallest absolute Gasteiger partial charge is 0.158 e. The van der Waals surface area contributed by atoms with Crippen molar-refractivity contribution in [2.24, 2.45) is 5.92 Å². The molecule has 2 saturated heterocycles. The van der Waals surface area contributed by atoms with E-state index >= 15 is 0 Å². The number of pyridine rings is 3. The van der Waals surface area contributed by atoms with E-state index in [0.717, 1.165) is 58.9 Å². The van der Waals surface area contributed by atoms with E-state index < -0.39 is 9.84 Å². The van der Waals surface area contributed by atoms with Gasteiger partial charge in [0.25, 0.3) is 0 Å². The summed E-state index contributed by atoms with van der Waals surface area (Å²) in [6.07, 6.45) is 7.68. The molecule has 0 N–H and O–H groups in total. The molecule has 0 bridgehead atoms. The van der Waals surface area contributed by atoms with Crippen molar-refractivity contribution in [1.82, 2.24) is 29.6 Å². The molecule has 6 heterocycles. The molecule has 11 nitrogen and oxygen atoms in total. The number of fused-ring (bicyclic) bond motifs is 1. The number of sulfone groups is 1. The first-order valence-corrected chi connectivity index (χ1v) is 16.3. The van der Waals surface area contributed by atoms with Crippen molar-refractivity contribution < 1.29 is 13.2 Å². The molecule has 1 unspecified atom stereocenters. The lowest BCUT2D eigenvalue weighted by Crippen LogP contribution is -2.57. The second kappa shape index (κ2) is 10.8. The largest absolute Gasteiger partial charge is 0.496 e. The summed E-state index contributed by atoms with van der Waals surface area (Å²) in [5.41, 5.74) is 4.31. The molecule has 12 heteroatoms. The van der Waals surface area contributed by atoms with Gasteiger partial charge >= 0.3 is 0 Å². The quantitative estimate of drug-likeness (QED) is 0.303. The van der Waals surface area contributed by atoms with Gasteiger partial charge in [-0.05, 0) is 46.5 Å². The fraction of sp³-hybridized carbons (Fsp3) is 0.467. The average molecular weight is 591 g/mol. The Morgan fingerprint density at radius 3 is 2.57 bits per heavy atom. The highest BCUT2D eigenvalue weighted by Crippen LogP contribution is 2.37. The molecule has 222 valence electrons. The van der Waals surface area contributed by atoms with Gasteiger partial charge < -0.3 is 19.4 Å². The van der Waals surface area contributed by atoms with E-state index in [1.165, 1.54) is 6.26 Å². The number of anilines is 2. The maximum atomic E-state index is 12.0. The predicted octanol–water partition coefficient (Wildman–Crippen LogP) is 3.20. The van der Waals surface area contributed by atoms with Crippen LogP contribution in [0, 0.1) is 12.8 Å². The minimum atomic E-state index is -3.05. The third kappa shape index (κ3) is 5.29. The summed E-state index contributed by atoms with van der Waals surface area (Å²) in [4.78, 5) is 21.2. The van der Waals surface area contributed by atoms with Gasteiger partial charge in [0.1, 0.15) is 21.4 Å². The Bertz CT molecular complexity index is 1740. The van der Waals surface area contributed by atoms with E-state index in [4.69, 9.17) is 19.8 Å². The van der Waals surface area contributed by atoms with Crippen molar-refractivity contribution in [3.8, 4) is 22.8 Å². The number of methoxy groups -OCH3 is 1. The van der Waals surface area contributed by atoms with Gasteiger partial charge in [-0.3, -0.25) is 9.97 Å². The van der Waals surface area contributed by atoms with Gasteiger partial charge in [-0.15, -0.1) is 0 Å². The zero-order valence-corrected chi connectivity index (χ0v) is 25.8. The zero-order valence-electron chi connectivity index (χ0n) is 25.0. The molecule has 0 aromatic carbocycles. The van der Waals surface area contributed by atoms with Gasteiger partial charge in [-0.2, -0.15) is 5.10 Å². The first kappa shape index (κ1) is 28.4. The molecule has 0 amide bonds. The van der Waals surface area contributed by atoms with Crippen LogP contribution in [0.5, 0.6) is 5.75 Å². The van der Waals surface area contributed by atoms with E-state index in [-0.39, 0.29) is 17.7 Å². The third-order valence-electron chi connectivity index (χ3n) is 8.71. The second-order valence-electron chi connectivity index (χ2n) is 11.8. The Balaban J connectivity index is 1.44. The summed E-state index contributed by atoms with van der Waals surface area (Å²) < 4.78 is 31.5. The second-order valence-corrected chi connectivity index (χ2v) is 14.0. The third-order valence-corrected chi connectivity index (χ3v) is 9.74. The van der Waals surface area contributed by atoms with Crippen LogP contribution >= 0.6 is 0 Å². The van der Waals surface area contributed by atoms with E-state index in [1.54, 1.807) is 19.5 Å². The van der Waals surface area contributed by atoms with Crippen molar-refractivity contribution in [1.29, 1.82) is 0 Å². The number of likely N-dealkylation sites (N-methyl/N-ethyl adjacent to an activating group) is 1. The minimum absolute atomic E-state index is 0.0984. The number of aryl methyl sites for hydroxylation is 1. The number of aromatic nitrogens is 5. The monoisotopic (exact) mass is 590 g/mol. The molecule has 0 saturated carbocycles. The van der Waals surface area contributed by atoms with Crippen LogP contribution in [0.3, 0.4) is 0 Å². The maximum Gasteiger partial charge on any atom is 0.158 e. The predicted molar refractivity (Wildman–Crippen MR) is 165 cm³/mol. The molecule has 2 fully saturated rings. The fourth-order valence-corrected chi connectivity index (χ4v) is 7.32. The van der Waals surface area contributed by atoms with Crippen molar-refractivity contribution in [2.45, 2.75) is 32.4 Å². The SMILES string of the molecule is COc1ccncc1-c1cc2c(cnn2-c2cc(N3C[C@H](CS(C)(=O)=O)[C@H]3C)cc(N3CCC(N(C)C)C3)n2)c(C)n1. The first-order chi connectivity index (χ1) is 20.0. The number of ether oxygens (including phenoxy) is 1. The Kier molecular flexibility index (Phi) is 7.30. The number of hydrogen-bond donors (Lipinski definition) is 0. The Hall–Kier alpha value is -3.77. The van der Waals surface area contributed by atoms with Crippen molar-refractivity contribution in [3.63, 3.8) is 0 Å². The lowest BCUT2D eigenvalue weighted by atomic mass is 9.91. The highest BCUT2D eigenvalue weighted by molar-refractivity contribution is 7.90. The standard InChI is InChI=1S/C30H38N8O3S/c1-19-24-15-32-38(27(24)13-26(33-19)25-14-31-9-7-28(25)41-5)30-12-23(37-16-21(20(37)2)18-42(6,39)40)11-29(34-30)36-10-8-22(17-36)35(3)4/h7,9,11-15,20-22H,8,10,16-18H2,1-6H3/t20-,21-,22?/m1/s1. The van der Waals surface area contributed by atoms with E-state index in [9.17, 15) is 8.42 Å². The Morgan fingerprint density at radius 2 is 1.88 bits per heavy atom. The Morgan fingerprint density at radius 1 is 1.10 bits per heavy atom. The Labute approximate surface area is 247 Å². The molecule has 0 radical (unpaired) electrons. The van der Waals surface area contributed by atoms with Gasteiger partial charge in [-0.1, -0.05) is 0 Å². The molecule has 4 aromatic heterocycles. The highest BCUT2D eigenvalue weighted by atomic mass is 32.2. The van der Waals surface area contributed by atoms with Gasteiger partial charge in [0.05, 0.1) is 35.8 Å². The van der Waals surface area contributed by atoms with Gasteiger partial charge in [-0.25, -0.2) is 18.1 Å². The average Bonchev–Trinajstić information content (AvgIpc) is 3.63. The van der Waals surface area contributed by atoms with Gasteiger partial charge in [0.15, 0.2) is 5.82 Å². The van der Waals surface area contributed by atoms with Crippen molar-refractivity contribution in [3.05, 3.63) is 48.5 Å². The summed E-state index contributed by atoms with van der Waals surface area (Å²) >= 11 is 0. The van der Waals surface area contributed by atoms with E-state index in [2.05, 4.69) is 52.8 Å². The molecular weight excluding hydrogens is 552 g/mol. The number of rotatable bonds is 8. The summed E-state index contributed by atoms with van der Waals surface area (Å²) in [5, 5.41) is 5.72. The van der Waals surface area contributed by atoms with Gasteiger partial charge in [0.2, 0.25) is 0 Å². The number of nitrogens with zero attached hydrogens (tertiary/aromatic N) is 8. The van der Waals surface area contributed by atoms with E-state index in [1.807, 2.05) is 29.9 Å². The van der Waals surface area contributed by atoms with Crippen LogP contribution in [0.2, 0.25) is 0 Å². The summed E-state index contributed by atoms with van der Waals surface area (Å²) in [5.74, 6) is 2.60. The van der Waals surface area contributed by atoms with Crippen LogP contribution in [-0.4, -0.2) is 103 Å². The van der Waals surface area contributed by atoms with Gasteiger partial charge in [0, 0.05) is 85.2 Å². The minimum Gasteiger partial charge on any atom is -0.496 e. The summed E-state index contributed by atoms with van der Waals surface area (Å²) in [6.45, 7) is 6.57. The van der Waals surface area contributed by atoms with E-state index in [0.29, 0.717) is 24.2 Å². The van der Waals surface area contributed by atoms with Crippen LogP contribution in [-0.2, 0) is 9.84 Å². The molecule has 2 aliphatic heterocycles. The maximum absolute atomic E-state index is 12.0. The zero-order chi connectivity index (χ0) is 29.8. The van der Waals surface area contributed by atoms with Crippen LogP contribution in [0.15, 0.2) is 42.9 Å². The summed E-state index contributed by atoms with van der Waals surface area (Å²) in [6, 6.07) is 8.59. The van der Waals surface area contributed by atoms with Crippen molar-refractivity contribution >= 4 is 32.2 Å². The highest BCUT2D eigenvalue weighted by Gasteiger charge is 2.38. The number of hydrogen-bond acceptors (Lipinski definition) is 10. The molecule has 0 aliphatic carbocycles. The summed E-state index contributed by atoms with van der Waals surface area (Å²) in [7, 11) is 2.83. The lowest BCUT2D eigenvalue weighted by Gasteiger charge is -2.48. The molecule has 2 aliphatic rings. The van der Waals surface area contributed by atoms with Crippen LogP contribution < -0.4 is 14.5 Å². The van der Waals surface area contributed by atoms with Crippen LogP contribution in [0.1, 0.15) is 19.0 Å². The molecule has 42 heavy (non-hydrogen) atoms. The topological polar surface area (TPSA) is 110 Å². The lowest BCUT2D eigenvalue weighted by molar-refractivity contribution is 0.315. The molecule has 0 spiro atoms. The van der Waals surface area contributed by atoms with Crippen molar-refractivity contribution in [2.75, 3.05) is 62.6 Å². The van der Waals surface area contributed by atoms with Crippen LogP contribution in [0.25, 0.3) is 28.0 Å².